The van der Waals surface area contributed by atoms with Gasteiger partial charge in [-0.25, -0.2) is 4.99 Å². The van der Waals surface area contributed by atoms with Gasteiger partial charge in [-0.15, -0.1) is 24.0 Å². The highest BCUT2D eigenvalue weighted by atomic mass is 127. The molecule has 0 radical (unpaired) electrons. The summed E-state index contributed by atoms with van der Waals surface area (Å²) in [6.45, 7) is 6.70. The molecule has 1 aromatic rings. The number of esters is 1. The van der Waals surface area contributed by atoms with Gasteiger partial charge in [-0.2, -0.15) is 0 Å². The number of nitrogens with one attached hydrogen (secondary N) is 1. The van der Waals surface area contributed by atoms with E-state index in [1.165, 1.54) is 13.4 Å². The lowest BCUT2D eigenvalue weighted by atomic mass is 9.99. The lowest BCUT2D eigenvalue weighted by Gasteiger charge is -2.21. The Labute approximate surface area is 147 Å². The predicted molar refractivity (Wildman–Crippen MR) is 93.0 cm³/mol. The molecule has 0 spiro atoms. The summed E-state index contributed by atoms with van der Waals surface area (Å²) in [6.07, 6.45) is 1.53. The van der Waals surface area contributed by atoms with Gasteiger partial charge in [0.1, 0.15) is 12.0 Å². The molecule has 1 saturated heterocycles. The van der Waals surface area contributed by atoms with E-state index in [0.29, 0.717) is 13.1 Å². The number of guanidine groups is 1. The lowest BCUT2D eigenvalue weighted by molar-refractivity contribution is -0.145. The fraction of sp³-hybridized carbons (Fsp3) is 0.643. The summed E-state index contributed by atoms with van der Waals surface area (Å²) in [5.74, 6) is 0.773. The molecular formula is C14H23IN4O3. The maximum absolute atomic E-state index is 11.8. The predicted octanol–water partition coefficient (Wildman–Crippen LogP) is 1.50. The second-order valence-electron chi connectivity index (χ2n) is 5.17. The summed E-state index contributed by atoms with van der Waals surface area (Å²) in [4.78, 5) is 18.4. The standard InChI is InChI=1S/C14H22N4O3.HI/c1-4-15-14(16-7-11-5-6-21-17-11)18-8-10(2)12(9-18)13(19)20-3;/h5-6,10,12H,4,7-9H2,1-3H3,(H,15,16);1H. The first-order valence-electron chi connectivity index (χ1n) is 7.16. The second kappa shape index (κ2) is 8.96. The van der Waals surface area contributed by atoms with Crippen molar-refractivity contribution in [2.45, 2.75) is 20.4 Å². The summed E-state index contributed by atoms with van der Waals surface area (Å²) >= 11 is 0. The number of likely N-dealkylation sites (tertiary alicyclic amines) is 1. The number of aliphatic imine (C=N–C) groups is 1. The SMILES string of the molecule is CCNC(=NCc1ccon1)N1CC(C)C(C(=O)OC)C1.I. The van der Waals surface area contributed by atoms with Crippen molar-refractivity contribution in [3.63, 3.8) is 0 Å². The van der Waals surface area contributed by atoms with E-state index in [-0.39, 0.29) is 41.8 Å². The average molecular weight is 422 g/mol. The minimum Gasteiger partial charge on any atom is -0.469 e. The molecule has 2 atom stereocenters. The highest BCUT2D eigenvalue weighted by molar-refractivity contribution is 14.0. The highest BCUT2D eigenvalue weighted by Gasteiger charge is 2.36. The van der Waals surface area contributed by atoms with Crippen LogP contribution in [-0.2, 0) is 16.1 Å². The molecule has 0 aromatic carbocycles. The number of ether oxygens (including phenoxy) is 1. The molecule has 1 aromatic heterocycles. The molecule has 124 valence electrons. The quantitative estimate of drug-likeness (QED) is 0.343. The summed E-state index contributed by atoms with van der Waals surface area (Å²) in [7, 11) is 1.43. The van der Waals surface area contributed by atoms with Gasteiger partial charge >= 0.3 is 5.97 Å². The zero-order chi connectivity index (χ0) is 15.2. The Bertz CT molecular complexity index is 492. The second-order valence-corrected chi connectivity index (χ2v) is 5.17. The van der Waals surface area contributed by atoms with E-state index in [0.717, 1.165) is 24.7 Å². The largest absolute Gasteiger partial charge is 0.469 e. The van der Waals surface area contributed by atoms with Gasteiger partial charge in [0.25, 0.3) is 0 Å². The van der Waals surface area contributed by atoms with Crippen molar-refractivity contribution in [1.82, 2.24) is 15.4 Å². The molecule has 1 aliphatic heterocycles. The molecular weight excluding hydrogens is 399 g/mol. The van der Waals surface area contributed by atoms with E-state index in [9.17, 15) is 4.79 Å². The monoisotopic (exact) mass is 422 g/mol. The molecule has 0 saturated carbocycles. The van der Waals surface area contributed by atoms with Crippen LogP contribution in [0.4, 0.5) is 0 Å². The van der Waals surface area contributed by atoms with Crippen LogP contribution in [-0.4, -0.2) is 48.7 Å². The minimum absolute atomic E-state index is 0. The Hall–Kier alpha value is -1.32. The van der Waals surface area contributed by atoms with Crippen molar-refractivity contribution < 1.29 is 14.1 Å². The number of hydrogen-bond donors (Lipinski definition) is 1. The van der Waals surface area contributed by atoms with E-state index in [4.69, 9.17) is 9.26 Å². The van der Waals surface area contributed by atoms with Gasteiger partial charge < -0.3 is 19.5 Å². The average Bonchev–Trinajstić information content (AvgIpc) is 3.12. The summed E-state index contributed by atoms with van der Waals surface area (Å²) in [5, 5.41) is 7.09. The molecule has 0 bridgehead atoms. The maximum atomic E-state index is 11.8. The molecule has 0 amide bonds. The van der Waals surface area contributed by atoms with Crippen LogP contribution in [0, 0.1) is 11.8 Å². The molecule has 8 heteroatoms. The first-order chi connectivity index (χ1) is 10.2. The number of aromatic nitrogens is 1. The van der Waals surface area contributed by atoms with Crippen molar-refractivity contribution in [1.29, 1.82) is 0 Å². The number of hydrogen-bond acceptors (Lipinski definition) is 5. The molecule has 2 unspecified atom stereocenters. The van der Waals surface area contributed by atoms with Crippen LogP contribution < -0.4 is 5.32 Å². The first kappa shape index (κ1) is 18.7. The molecule has 22 heavy (non-hydrogen) atoms. The summed E-state index contributed by atoms with van der Waals surface area (Å²) < 4.78 is 9.66. The van der Waals surface area contributed by atoms with Crippen molar-refractivity contribution in [3.8, 4) is 0 Å². The van der Waals surface area contributed by atoms with Gasteiger partial charge in [0.15, 0.2) is 5.96 Å². The third-order valence-electron chi connectivity index (χ3n) is 3.63. The van der Waals surface area contributed by atoms with Crippen molar-refractivity contribution in [2.75, 3.05) is 26.7 Å². The number of carbonyl (C=O) groups excluding carboxylic acids is 1. The van der Waals surface area contributed by atoms with E-state index >= 15 is 0 Å². The number of methoxy groups -OCH3 is 1. The molecule has 1 aliphatic rings. The fourth-order valence-corrected chi connectivity index (χ4v) is 2.50. The lowest BCUT2D eigenvalue weighted by Crippen LogP contribution is -2.40. The van der Waals surface area contributed by atoms with Gasteiger partial charge in [-0.3, -0.25) is 4.79 Å². The summed E-state index contributed by atoms with van der Waals surface area (Å²) in [6, 6.07) is 1.79. The fourth-order valence-electron chi connectivity index (χ4n) is 2.50. The third-order valence-corrected chi connectivity index (χ3v) is 3.63. The van der Waals surface area contributed by atoms with Crippen LogP contribution in [0.15, 0.2) is 21.8 Å². The zero-order valence-electron chi connectivity index (χ0n) is 13.1. The molecule has 2 rings (SSSR count). The van der Waals surface area contributed by atoms with E-state index in [1.54, 1.807) is 6.07 Å². The van der Waals surface area contributed by atoms with Gasteiger partial charge in [-0.1, -0.05) is 12.1 Å². The molecule has 1 fully saturated rings. The molecule has 0 aliphatic carbocycles. The zero-order valence-corrected chi connectivity index (χ0v) is 15.4. The Morgan fingerprint density at radius 3 is 2.95 bits per heavy atom. The van der Waals surface area contributed by atoms with Crippen LogP contribution in [0.2, 0.25) is 0 Å². The van der Waals surface area contributed by atoms with Gasteiger partial charge in [0.2, 0.25) is 0 Å². The van der Waals surface area contributed by atoms with Crippen molar-refractivity contribution >= 4 is 35.9 Å². The van der Waals surface area contributed by atoms with Crippen molar-refractivity contribution in [2.24, 2.45) is 16.8 Å². The maximum Gasteiger partial charge on any atom is 0.310 e. The Morgan fingerprint density at radius 2 is 2.36 bits per heavy atom. The Balaban J connectivity index is 0.00000242. The minimum atomic E-state index is -0.155. The van der Waals surface area contributed by atoms with Crippen LogP contribution >= 0.6 is 24.0 Å². The van der Waals surface area contributed by atoms with E-state index in [2.05, 4.69) is 27.3 Å². The number of halogens is 1. The van der Waals surface area contributed by atoms with E-state index < -0.39 is 0 Å². The summed E-state index contributed by atoms with van der Waals surface area (Å²) in [5.41, 5.74) is 0.780. The topological polar surface area (TPSA) is 80.0 Å². The smallest absolute Gasteiger partial charge is 0.310 e. The Kier molecular flexibility index (Phi) is 7.63. The van der Waals surface area contributed by atoms with Gasteiger partial charge in [-0.05, 0) is 12.8 Å². The highest BCUT2D eigenvalue weighted by Crippen LogP contribution is 2.24. The number of nitrogens with zero attached hydrogens (tertiary/aromatic N) is 3. The van der Waals surface area contributed by atoms with Crippen LogP contribution in [0.25, 0.3) is 0 Å². The number of carbonyl (C=O) groups is 1. The van der Waals surface area contributed by atoms with E-state index in [1.807, 2.05) is 6.92 Å². The molecule has 7 nitrogen and oxygen atoms in total. The Morgan fingerprint density at radius 1 is 1.59 bits per heavy atom. The van der Waals surface area contributed by atoms with Gasteiger partial charge in [0, 0.05) is 25.7 Å². The van der Waals surface area contributed by atoms with Crippen LogP contribution in [0.3, 0.4) is 0 Å². The third kappa shape index (κ3) is 4.59. The van der Waals surface area contributed by atoms with Crippen LogP contribution in [0.5, 0.6) is 0 Å². The first-order valence-corrected chi connectivity index (χ1v) is 7.16. The van der Waals surface area contributed by atoms with Crippen molar-refractivity contribution in [3.05, 3.63) is 18.0 Å². The van der Waals surface area contributed by atoms with Gasteiger partial charge in [0.05, 0.1) is 19.6 Å². The molecule has 2 heterocycles. The number of rotatable bonds is 4. The molecule has 1 N–H and O–H groups in total. The normalized spacial score (nSPS) is 21.4. The van der Waals surface area contributed by atoms with Crippen LogP contribution in [0.1, 0.15) is 19.5 Å².